The fraction of sp³-hybridized carbons (Fsp3) is 0.625. The summed E-state index contributed by atoms with van der Waals surface area (Å²) in [5, 5.41) is 8.32. The van der Waals surface area contributed by atoms with E-state index in [0.717, 1.165) is 4.90 Å². The Balaban J connectivity index is 2.68. The summed E-state index contributed by atoms with van der Waals surface area (Å²) in [4.78, 5) is 23.3. The Kier molecular flexibility index (Phi) is 2.44. The molecular formula is C8H10N2O2. The van der Waals surface area contributed by atoms with Crippen LogP contribution >= 0.6 is 0 Å². The third-order valence-corrected chi connectivity index (χ3v) is 1.88. The summed E-state index contributed by atoms with van der Waals surface area (Å²) in [5.41, 5.74) is 0. The van der Waals surface area contributed by atoms with Gasteiger partial charge in [-0.05, 0) is 5.92 Å². The molecule has 0 radical (unpaired) electrons. The number of hydrogen-bond acceptors (Lipinski definition) is 3. The average Bonchev–Trinajstić information content (AvgIpc) is 1.96. The van der Waals surface area contributed by atoms with Crippen molar-refractivity contribution in [2.24, 2.45) is 5.92 Å². The van der Waals surface area contributed by atoms with Gasteiger partial charge in [0.1, 0.15) is 6.54 Å². The van der Waals surface area contributed by atoms with Crippen LogP contribution in [0.1, 0.15) is 19.8 Å². The first-order valence-corrected chi connectivity index (χ1v) is 3.85. The second-order valence-electron chi connectivity index (χ2n) is 3.05. The maximum atomic E-state index is 11.2. The molecule has 0 saturated carbocycles. The number of hydrogen-bond donors (Lipinski definition) is 0. The van der Waals surface area contributed by atoms with Crippen molar-refractivity contribution in [1.82, 2.24) is 4.90 Å². The molecule has 64 valence electrons. The molecule has 12 heavy (non-hydrogen) atoms. The maximum Gasteiger partial charge on any atom is 0.230 e. The Hall–Kier alpha value is -1.37. The molecular weight excluding hydrogens is 156 g/mol. The van der Waals surface area contributed by atoms with Crippen LogP contribution in [0.5, 0.6) is 0 Å². The Morgan fingerprint density at radius 3 is 2.42 bits per heavy atom. The molecule has 4 heteroatoms. The van der Waals surface area contributed by atoms with Gasteiger partial charge in [0.25, 0.3) is 0 Å². The van der Waals surface area contributed by atoms with Gasteiger partial charge in [0.15, 0.2) is 0 Å². The first-order chi connectivity index (χ1) is 5.65. The molecule has 4 nitrogen and oxygen atoms in total. The Morgan fingerprint density at radius 2 is 2.00 bits per heavy atom. The zero-order valence-electron chi connectivity index (χ0n) is 6.91. The molecule has 0 unspecified atom stereocenters. The zero-order valence-corrected chi connectivity index (χ0v) is 6.91. The molecule has 0 N–H and O–H groups in total. The summed E-state index contributed by atoms with van der Waals surface area (Å²) < 4.78 is 0. The van der Waals surface area contributed by atoms with Crippen LogP contribution in [0.25, 0.3) is 0 Å². The number of piperidine rings is 1. The Bertz CT molecular complexity index is 236. The molecule has 1 aliphatic rings. The lowest BCUT2D eigenvalue weighted by Gasteiger charge is -2.25. The van der Waals surface area contributed by atoms with Gasteiger partial charge >= 0.3 is 0 Å². The van der Waals surface area contributed by atoms with E-state index in [9.17, 15) is 9.59 Å². The lowest BCUT2D eigenvalue weighted by Crippen LogP contribution is -2.42. The minimum atomic E-state index is -0.222. The molecule has 1 heterocycles. The highest BCUT2D eigenvalue weighted by Gasteiger charge is 2.29. The van der Waals surface area contributed by atoms with Gasteiger partial charge in [-0.15, -0.1) is 0 Å². The molecule has 0 aliphatic carbocycles. The van der Waals surface area contributed by atoms with Crippen LogP contribution in [-0.4, -0.2) is 23.3 Å². The summed E-state index contributed by atoms with van der Waals surface area (Å²) in [5.74, 6) is -0.319. The minimum absolute atomic E-state index is 0.107. The van der Waals surface area contributed by atoms with Crippen molar-refractivity contribution in [3.8, 4) is 6.07 Å². The SMILES string of the molecule is CC1CC(=O)N(CC#N)C(=O)C1. The predicted molar refractivity (Wildman–Crippen MR) is 40.7 cm³/mol. The number of nitriles is 1. The van der Waals surface area contributed by atoms with Crippen LogP contribution in [0.3, 0.4) is 0 Å². The summed E-state index contributed by atoms with van der Waals surface area (Å²) in [6.07, 6.45) is 0.765. The molecule has 1 rings (SSSR count). The van der Waals surface area contributed by atoms with Gasteiger partial charge in [0, 0.05) is 12.8 Å². The van der Waals surface area contributed by atoms with Crippen LogP contribution in [0.15, 0.2) is 0 Å². The Morgan fingerprint density at radius 1 is 1.50 bits per heavy atom. The summed E-state index contributed by atoms with van der Waals surface area (Å²) in [6, 6.07) is 1.80. The van der Waals surface area contributed by atoms with E-state index >= 15 is 0 Å². The van der Waals surface area contributed by atoms with Crippen LogP contribution in [0, 0.1) is 17.2 Å². The van der Waals surface area contributed by atoms with E-state index in [-0.39, 0.29) is 24.3 Å². The molecule has 0 spiro atoms. The van der Waals surface area contributed by atoms with Crippen molar-refractivity contribution in [1.29, 1.82) is 5.26 Å². The monoisotopic (exact) mass is 166 g/mol. The Labute approximate surface area is 70.8 Å². The lowest BCUT2D eigenvalue weighted by molar-refractivity contribution is -0.148. The molecule has 0 aromatic rings. The van der Waals surface area contributed by atoms with Gasteiger partial charge in [-0.3, -0.25) is 14.5 Å². The number of likely N-dealkylation sites (tertiary alicyclic amines) is 1. The highest BCUT2D eigenvalue weighted by molar-refractivity contribution is 5.98. The van der Waals surface area contributed by atoms with Gasteiger partial charge < -0.3 is 0 Å². The van der Waals surface area contributed by atoms with E-state index in [2.05, 4.69) is 0 Å². The van der Waals surface area contributed by atoms with Crippen molar-refractivity contribution >= 4 is 11.8 Å². The highest BCUT2D eigenvalue weighted by atomic mass is 16.2. The molecule has 2 amide bonds. The largest absolute Gasteiger partial charge is 0.274 e. The summed E-state index contributed by atoms with van der Waals surface area (Å²) >= 11 is 0. The van der Waals surface area contributed by atoms with E-state index in [0.29, 0.717) is 12.8 Å². The number of amides is 2. The second kappa shape index (κ2) is 3.35. The zero-order chi connectivity index (χ0) is 9.14. The molecule has 0 aromatic carbocycles. The van der Waals surface area contributed by atoms with Crippen molar-refractivity contribution < 1.29 is 9.59 Å². The van der Waals surface area contributed by atoms with Gasteiger partial charge in [-0.2, -0.15) is 5.26 Å². The fourth-order valence-electron chi connectivity index (χ4n) is 1.27. The van der Waals surface area contributed by atoms with E-state index in [1.165, 1.54) is 0 Å². The average molecular weight is 166 g/mol. The first kappa shape index (κ1) is 8.72. The third kappa shape index (κ3) is 1.62. The fourth-order valence-corrected chi connectivity index (χ4v) is 1.27. The number of nitrogens with zero attached hydrogens (tertiary/aromatic N) is 2. The smallest absolute Gasteiger partial charge is 0.230 e. The van der Waals surface area contributed by atoms with Gasteiger partial charge in [0.2, 0.25) is 11.8 Å². The minimum Gasteiger partial charge on any atom is -0.274 e. The highest BCUT2D eigenvalue weighted by Crippen LogP contribution is 2.17. The number of carbonyl (C=O) groups is 2. The van der Waals surface area contributed by atoms with E-state index in [1.54, 1.807) is 6.07 Å². The number of rotatable bonds is 1. The topological polar surface area (TPSA) is 61.2 Å². The summed E-state index contributed by atoms with van der Waals surface area (Å²) in [6.45, 7) is 1.75. The second-order valence-corrected chi connectivity index (χ2v) is 3.05. The van der Waals surface area contributed by atoms with Crippen LogP contribution in [0.4, 0.5) is 0 Å². The van der Waals surface area contributed by atoms with Crippen molar-refractivity contribution in [2.45, 2.75) is 19.8 Å². The lowest BCUT2D eigenvalue weighted by atomic mass is 9.98. The summed E-state index contributed by atoms with van der Waals surface area (Å²) in [7, 11) is 0. The van der Waals surface area contributed by atoms with Gasteiger partial charge in [-0.1, -0.05) is 6.92 Å². The molecule has 0 atom stereocenters. The number of carbonyl (C=O) groups excluding carboxylic acids is 2. The van der Waals surface area contributed by atoms with Gasteiger partial charge in [-0.25, -0.2) is 0 Å². The predicted octanol–water partition coefficient (Wildman–Crippen LogP) is 0.295. The molecule has 0 aromatic heterocycles. The standard InChI is InChI=1S/C8H10N2O2/c1-6-4-7(11)10(3-2-9)8(12)5-6/h6H,3-5H2,1H3. The van der Waals surface area contributed by atoms with Crippen LogP contribution in [0.2, 0.25) is 0 Å². The van der Waals surface area contributed by atoms with E-state index in [4.69, 9.17) is 5.26 Å². The maximum absolute atomic E-state index is 11.2. The van der Waals surface area contributed by atoms with E-state index in [1.807, 2.05) is 6.92 Å². The van der Waals surface area contributed by atoms with Crippen molar-refractivity contribution in [3.63, 3.8) is 0 Å². The molecule has 1 fully saturated rings. The van der Waals surface area contributed by atoms with Crippen molar-refractivity contribution in [2.75, 3.05) is 6.54 Å². The normalized spacial score (nSPS) is 19.5. The quantitative estimate of drug-likeness (QED) is 0.415. The molecule has 0 bridgehead atoms. The van der Waals surface area contributed by atoms with Gasteiger partial charge in [0.05, 0.1) is 6.07 Å². The van der Waals surface area contributed by atoms with Crippen LogP contribution < -0.4 is 0 Å². The molecule has 1 aliphatic heterocycles. The van der Waals surface area contributed by atoms with E-state index < -0.39 is 0 Å². The van der Waals surface area contributed by atoms with Crippen molar-refractivity contribution in [3.05, 3.63) is 0 Å². The third-order valence-electron chi connectivity index (χ3n) is 1.88. The van der Waals surface area contributed by atoms with Crippen LogP contribution in [-0.2, 0) is 9.59 Å². The first-order valence-electron chi connectivity index (χ1n) is 3.85. The number of imide groups is 1. The molecule has 1 saturated heterocycles.